The third kappa shape index (κ3) is 7.61. The summed E-state index contributed by atoms with van der Waals surface area (Å²) in [5.74, 6) is 0. The first-order chi connectivity index (χ1) is 28.0. The molecule has 0 radical (unpaired) electrons. The number of rotatable bonds is 6. The van der Waals surface area contributed by atoms with E-state index in [1.807, 2.05) is 0 Å². The molecule has 6 heteroatoms. The van der Waals surface area contributed by atoms with Crippen molar-refractivity contribution in [2.75, 3.05) is 0 Å². The van der Waals surface area contributed by atoms with Gasteiger partial charge in [0.05, 0.1) is 0 Å². The molecular formula is C54H66O3Sn3. The van der Waals surface area contributed by atoms with Gasteiger partial charge in [-0.25, -0.2) is 0 Å². The summed E-state index contributed by atoms with van der Waals surface area (Å²) < 4.78 is 34.7. The summed E-state index contributed by atoms with van der Waals surface area (Å²) in [5, 5.41) is 0. The molecule has 312 valence electrons. The third-order valence-corrected chi connectivity index (χ3v) is 75.6. The second-order valence-electron chi connectivity index (χ2n) is 18.8. The van der Waals surface area contributed by atoms with E-state index in [1.54, 1.807) is 0 Å². The van der Waals surface area contributed by atoms with Gasteiger partial charge in [-0.2, -0.15) is 0 Å². The van der Waals surface area contributed by atoms with Crippen LogP contribution in [0.15, 0.2) is 72.8 Å². The SMILES string of the molecule is Cc1cc(C)[c]([Sn]2([c]3c(C)cc(C)cc3C)[O][Sn]([c]3c(C)cc(C)cc3C)([c]3c(C)cc(C)cc3C)[O][Sn]([c]3c(C)cc(C)cc3C)([c]3c(C)cc(C)cc3C)[O]2)c(C)c1. The Morgan fingerprint density at radius 2 is 0.300 bits per heavy atom. The molecule has 0 amide bonds. The van der Waals surface area contributed by atoms with E-state index in [2.05, 4.69) is 197 Å². The first kappa shape index (κ1) is 45.6. The standard InChI is InChI=1S/6C9H11.3O.3Sn/c6*1-7-4-8(2)6-9(3)5-7;;;;;;/h6*4-5H,1-3H3;;;;;;. The van der Waals surface area contributed by atoms with Crippen molar-refractivity contribution in [2.45, 2.75) is 125 Å². The first-order valence-electron chi connectivity index (χ1n) is 21.7. The van der Waals surface area contributed by atoms with Gasteiger partial charge in [0.2, 0.25) is 0 Å². The summed E-state index contributed by atoms with van der Waals surface area (Å²) in [7, 11) is 0. The molecule has 60 heavy (non-hydrogen) atoms. The Balaban J connectivity index is 1.89. The van der Waals surface area contributed by atoms with Crippen LogP contribution in [0.4, 0.5) is 0 Å². The van der Waals surface area contributed by atoms with Gasteiger partial charge in [-0.15, -0.1) is 0 Å². The topological polar surface area (TPSA) is 27.7 Å². The molecule has 0 aromatic heterocycles. The van der Waals surface area contributed by atoms with Crippen molar-refractivity contribution in [3.8, 4) is 0 Å². The van der Waals surface area contributed by atoms with E-state index in [0.717, 1.165) is 0 Å². The maximum absolute atomic E-state index is 8.95. The van der Waals surface area contributed by atoms with Crippen molar-refractivity contribution < 1.29 is 4.23 Å². The maximum atomic E-state index is 8.95. The van der Waals surface area contributed by atoms with Gasteiger partial charge in [0.25, 0.3) is 0 Å². The molecular weight excluding hydrogens is 1050 g/mol. The Hall–Kier alpha value is -2.40. The molecule has 3 nitrogen and oxygen atoms in total. The number of benzene rings is 6. The Bertz CT molecular complexity index is 2120. The molecule has 1 fully saturated rings. The fourth-order valence-corrected chi connectivity index (χ4v) is 107. The van der Waals surface area contributed by atoms with E-state index in [0.29, 0.717) is 0 Å². The number of hydrogen-bond donors (Lipinski definition) is 0. The van der Waals surface area contributed by atoms with Crippen LogP contribution in [0.3, 0.4) is 0 Å². The predicted molar refractivity (Wildman–Crippen MR) is 262 cm³/mol. The van der Waals surface area contributed by atoms with Crippen molar-refractivity contribution in [1.82, 2.24) is 0 Å². The van der Waals surface area contributed by atoms with E-state index in [-0.39, 0.29) is 0 Å². The van der Waals surface area contributed by atoms with Crippen LogP contribution in [0.5, 0.6) is 0 Å². The zero-order valence-electron chi connectivity index (χ0n) is 39.7. The summed E-state index contributed by atoms with van der Waals surface area (Å²) in [5.41, 5.74) is 22.7. The van der Waals surface area contributed by atoms with Gasteiger partial charge in [-0.3, -0.25) is 0 Å². The Kier molecular flexibility index (Phi) is 12.6. The quantitative estimate of drug-likeness (QED) is 0.156. The molecule has 1 saturated heterocycles. The van der Waals surface area contributed by atoms with Gasteiger partial charge in [0.1, 0.15) is 0 Å². The molecule has 0 N–H and O–H groups in total. The minimum atomic E-state index is -5.12. The van der Waals surface area contributed by atoms with Crippen molar-refractivity contribution in [3.63, 3.8) is 0 Å². The van der Waals surface area contributed by atoms with E-state index in [9.17, 15) is 0 Å². The van der Waals surface area contributed by atoms with Gasteiger partial charge < -0.3 is 0 Å². The molecule has 0 atom stereocenters. The van der Waals surface area contributed by atoms with Gasteiger partial charge in [0, 0.05) is 0 Å². The average molecular weight is 1120 g/mol. The zero-order valence-corrected chi connectivity index (χ0v) is 48.2. The fraction of sp³-hybridized carbons (Fsp3) is 0.333. The van der Waals surface area contributed by atoms with Gasteiger partial charge in [0.15, 0.2) is 0 Å². The average Bonchev–Trinajstić information content (AvgIpc) is 3.05. The molecule has 0 saturated carbocycles. The Morgan fingerprint density at radius 1 is 0.200 bits per heavy atom. The normalized spacial score (nSPS) is 15.7. The second kappa shape index (κ2) is 16.6. The Morgan fingerprint density at radius 3 is 0.400 bits per heavy atom. The van der Waals surface area contributed by atoms with Crippen molar-refractivity contribution >= 4 is 79.1 Å². The molecule has 7 rings (SSSR count). The summed E-state index contributed by atoms with van der Waals surface area (Å²) in [6.07, 6.45) is 0. The second-order valence-corrected chi connectivity index (χ2v) is 51.4. The molecule has 0 unspecified atom stereocenters. The van der Waals surface area contributed by atoms with Crippen LogP contribution < -0.4 is 21.5 Å². The summed E-state index contributed by atoms with van der Waals surface area (Å²) in [6.45, 7) is 41.2. The molecule has 6 aromatic carbocycles. The van der Waals surface area contributed by atoms with Crippen LogP contribution in [0.25, 0.3) is 0 Å². The first-order valence-corrected chi connectivity index (χ1v) is 37.2. The van der Waals surface area contributed by atoms with Gasteiger partial charge in [-0.05, 0) is 0 Å². The van der Waals surface area contributed by atoms with E-state index >= 15 is 0 Å². The molecule has 1 aliphatic heterocycles. The summed E-state index contributed by atoms with van der Waals surface area (Å²) in [4.78, 5) is 0. The molecule has 0 bridgehead atoms. The molecule has 1 heterocycles. The summed E-state index contributed by atoms with van der Waals surface area (Å²) >= 11 is -15.4. The predicted octanol–water partition coefficient (Wildman–Crippen LogP) is 9.37. The van der Waals surface area contributed by atoms with Crippen LogP contribution in [-0.4, -0.2) is 57.6 Å². The van der Waals surface area contributed by atoms with Gasteiger partial charge in [-0.1, -0.05) is 0 Å². The molecule has 1 aliphatic rings. The van der Waals surface area contributed by atoms with E-state index < -0.39 is 57.6 Å². The molecule has 0 aliphatic carbocycles. The number of aryl methyl sites for hydroxylation is 18. The monoisotopic (exact) mass is 1120 g/mol. The number of hydrogen-bond acceptors (Lipinski definition) is 3. The van der Waals surface area contributed by atoms with Crippen molar-refractivity contribution in [1.29, 1.82) is 0 Å². The van der Waals surface area contributed by atoms with Gasteiger partial charge >= 0.3 is 381 Å². The van der Waals surface area contributed by atoms with Crippen molar-refractivity contribution in [3.05, 3.63) is 173 Å². The third-order valence-electron chi connectivity index (χ3n) is 12.9. The zero-order chi connectivity index (χ0) is 44.0. The van der Waals surface area contributed by atoms with Crippen LogP contribution in [-0.2, 0) is 4.23 Å². The fourth-order valence-electron chi connectivity index (χ4n) is 11.9. The van der Waals surface area contributed by atoms with Crippen molar-refractivity contribution in [2.24, 2.45) is 0 Å². The van der Waals surface area contributed by atoms with Crippen LogP contribution in [0, 0.1) is 125 Å². The molecule has 0 spiro atoms. The van der Waals surface area contributed by atoms with E-state index in [4.69, 9.17) is 4.23 Å². The van der Waals surface area contributed by atoms with Crippen LogP contribution >= 0.6 is 0 Å². The van der Waals surface area contributed by atoms with Crippen LogP contribution in [0.1, 0.15) is 100 Å². The Labute approximate surface area is 377 Å². The van der Waals surface area contributed by atoms with E-state index in [1.165, 1.54) is 122 Å². The minimum absolute atomic E-state index is 1.26. The van der Waals surface area contributed by atoms with Crippen LogP contribution in [0.2, 0.25) is 0 Å². The molecule has 6 aromatic rings. The summed E-state index contributed by atoms with van der Waals surface area (Å²) in [6, 6.07) is 28.6.